The SMILES string of the molecule is Oc1ccc2ccccc2c1CN(Cc1cc(Cl)cc(Cl)c1O)C1CCCCC1. The summed E-state index contributed by atoms with van der Waals surface area (Å²) in [5.41, 5.74) is 1.63. The summed E-state index contributed by atoms with van der Waals surface area (Å²) in [4.78, 5) is 2.35. The van der Waals surface area contributed by atoms with Gasteiger partial charge in [0.05, 0.1) is 5.02 Å². The summed E-state index contributed by atoms with van der Waals surface area (Å²) < 4.78 is 0. The van der Waals surface area contributed by atoms with E-state index in [-0.39, 0.29) is 10.8 Å². The summed E-state index contributed by atoms with van der Waals surface area (Å²) in [5.74, 6) is 0.386. The van der Waals surface area contributed by atoms with Crippen LogP contribution in [0.4, 0.5) is 0 Å². The van der Waals surface area contributed by atoms with Crippen molar-refractivity contribution >= 4 is 34.0 Å². The summed E-state index contributed by atoms with van der Waals surface area (Å²) in [5, 5.41) is 24.1. The van der Waals surface area contributed by atoms with Crippen molar-refractivity contribution < 1.29 is 10.2 Å². The van der Waals surface area contributed by atoms with Crippen molar-refractivity contribution in [3.05, 3.63) is 69.7 Å². The Balaban J connectivity index is 1.72. The van der Waals surface area contributed by atoms with E-state index < -0.39 is 0 Å². The number of fused-ring (bicyclic) bond motifs is 1. The Labute approximate surface area is 181 Å². The highest BCUT2D eigenvalue weighted by molar-refractivity contribution is 6.35. The van der Waals surface area contributed by atoms with Crippen LogP contribution in [0.1, 0.15) is 43.2 Å². The normalized spacial score (nSPS) is 15.3. The topological polar surface area (TPSA) is 43.7 Å². The van der Waals surface area contributed by atoms with Crippen molar-refractivity contribution in [1.29, 1.82) is 0 Å². The molecule has 3 aromatic carbocycles. The Morgan fingerprint density at radius 3 is 2.45 bits per heavy atom. The standard InChI is InChI=1S/C24H25Cl2NO2/c25-18-12-17(24(29)22(26)13-18)14-27(19-7-2-1-3-8-19)15-21-20-9-5-4-6-16(20)10-11-23(21)28/h4-6,9-13,19,28-29H,1-3,7-8,14-15H2. The molecule has 1 aliphatic rings. The first-order valence-corrected chi connectivity index (χ1v) is 10.9. The largest absolute Gasteiger partial charge is 0.508 e. The first-order chi connectivity index (χ1) is 14.0. The second-order valence-electron chi connectivity index (χ2n) is 7.88. The molecule has 1 fully saturated rings. The molecule has 0 aromatic heterocycles. The Morgan fingerprint density at radius 1 is 0.897 bits per heavy atom. The van der Waals surface area contributed by atoms with Gasteiger partial charge in [-0.05, 0) is 41.8 Å². The Morgan fingerprint density at radius 2 is 1.66 bits per heavy atom. The van der Waals surface area contributed by atoms with Crippen LogP contribution in [0.3, 0.4) is 0 Å². The number of phenolic OH excluding ortho intramolecular Hbond substituents is 2. The average Bonchev–Trinajstić information content (AvgIpc) is 2.73. The fraction of sp³-hybridized carbons (Fsp3) is 0.333. The maximum Gasteiger partial charge on any atom is 0.138 e. The molecule has 0 saturated heterocycles. The van der Waals surface area contributed by atoms with Gasteiger partial charge in [-0.1, -0.05) is 72.8 Å². The first-order valence-electron chi connectivity index (χ1n) is 10.1. The van der Waals surface area contributed by atoms with Gasteiger partial charge in [-0.15, -0.1) is 0 Å². The smallest absolute Gasteiger partial charge is 0.138 e. The van der Waals surface area contributed by atoms with Crippen LogP contribution in [0.15, 0.2) is 48.5 Å². The minimum Gasteiger partial charge on any atom is -0.508 e. The van der Waals surface area contributed by atoms with Gasteiger partial charge in [-0.2, -0.15) is 0 Å². The number of hydrogen-bond acceptors (Lipinski definition) is 3. The number of aromatic hydroxyl groups is 2. The molecule has 0 unspecified atom stereocenters. The van der Waals surface area contributed by atoms with Crippen LogP contribution in [0.2, 0.25) is 10.0 Å². The molecule has 0 radical (unpaired) electrons. The number of benzene rings is 3. The van der Waals surface area contributed by atoms with Gasteiger partial charge in [0.25, 0.3) is 0 Å². The molecule has 4 rings (SSSR count). The van der Waals surface area contributed by atoms with Gasteiger partial charge in [0, 0.05) is 35.3 Å². The molecule has 0 heterocycles. The Kier molecular flexibility index (Phi) is 6.19. The molecule has 0 spiro atoms. The van der Waals surface area contributed by atoms with Gasteiger partial charge >= 0.3 is 0 Å². The fourth-order valence-electron chi connectivity index (χ4n) is 4.41. The Bertz CT molecular complexity index is 1020. The van der Waals surface area contributed by atoms with E-state index in [1.54, 1.807) is 18.2 Å². The van der Waals surface area contributed by atoms with E-state index >= 15 is 0 Å². The van der Waals surface area contributed by atoms with Gasteiger partial charge in [-0.3, -0.25) is 4.90 Å². The summed E-state index contributed by atoms with van der Waals surface area (Å²) in [6, 6.07) is 15.6. The van der Waals surface area contributed by atoms with Crippen molar-refractivity contribution in [2.24, 2.45) is 0 Å². The zero-order valence-electron chi connectivity index (χ0n) is 16.2. The molecule has 3 nitrogen and oxygen atoms in total. The molecule has 0 bridgehead atoms. The van der Waals surface area contributed by atoms with Gasteiger partial charge in [0.2, 0.25) is 0 Å². The first kappa shape index (κ1) is 20.3. The zero-order valence-corrected chi connectivity index (χ0v) is 17.8. The van der Waals surface area contributed by atoms with E-state index in [0.29, 0.717) is 35.5 Å². The van der Waals surface area contributed by atoms with Crippen molar-refractivity contribution in [3.8, 4) is 11.5 Å². The molecule has 0 amide bonds. The molecule has 5 heteroatoms. The zero-order chi connectivity index (χ0) is 20.4. The fourth-order valence-corrected chi connectivity index (χ4v) is 4.95. The van der Waals surface area contributed by atoms with Crippen molar-refractivity contribution in [1.82, 2.24) is 4.90 Å². The lowest BCUT2D eigenvalue weighted by Gasteiger charge is -2.35. The van der Waals surface area contributed by atoms with E-state index in [1.807, 2.05) is 18.2 Å². The lowest BCUT2D eigenvalue weighted by molar-refractivity contribution is 0.138. The highest BCUT2D eigenvalue weighted by Crippen LogP contribution is 2.36. The quantitative estimate of drug-likeness (QED) is 0.463. The second-order valence-corrected chi connectivity index (χ2v) is 8.72. The molecule has 0 atom stereocenters. The van der Waals surface area contributed by atoms with Gasteiger partial charge < -0.3 is 10.2 Å². The predicted octanol–water partition coefficient (Wildman–Crippen LogP) is 6.89. The molecule has 1 saturated carbocycles. The third-order valence-corrected chi connectivity index (χ3v) is 6.46. The maximum atomic E-state index is 10.6. The van der Waals surface area contributed by atoms with E-state index in [2.05, 4.69) is 17.0 Å². The van der Waals surface area contributed by atoms with E-state index in [1.165, 1.54) is 19.3 Å². The number of nitrogens with zero attached hydrogens (tertiary/aromatic N) is 1. The monoisotopic (exact) mass is 429 g/mol. The van der Waals surface area contributed by atoms with Crippen LogP contribution < -0.4 is 0 Å². The number of hydrogen-bond donors (Lipinski definition) is 2. The molecule has 2 N–H and O–H groups in total. The molecule has 0 aliphatic heterocycles. The summed E-state index contributed by atoms with van der Waals surface area (Å²) in [6.07, 6.45) is 5.88. The van der Waals surface area contributed by atoms with Gasteiger partial charge in [0.1, 0.15) is 11.5 Å². The molecule has 152 valence electrons. The molecule has 3 aromatic rings. The number of phenols is 2. The second kappa shape index (κ2) is 8.83. The van der Waals surface area contributed by atoms with Gasteiger partial charge in [-0.25, -0.2) is 0 Å². The van der Waals surface area contributed by atoms with E-state index in [9.17, 15) is 10.2 Å². The van der Waals surface area contributed by atoms with Crippen LogP contribution in [-0.2, 0) is 13.1 Å². The maximum absolute atomic E-state index is 10.6. The average molecular weight is 430 g/mol. The Hall–Kier alpha value is -1.94. The van der Waals surface area contributed by atoms with Crippen molar-refractivity contribution in [2.45, 2.75) is 51.2 Å². The molecular weight excluding hydrogens is 405 g/mol. The lowest BCUT2D eigenvalue weighted by Crippen LogP contribution is -2.36. The molecule has 1 aliphatic carbocycles. The third kappa shape index (κ3) is 4.48. The number of rotatable bonds is 5. The van der Waals surface area contributed by atoms with Crippen molar-refractivity contribution in [2.75, 3.05) is 0 Å². The van der Waals surface area contributed by atoms with Crippen LogP contribution >= 0.6 is 23.2 Å². The lowest BCUT2D eigenvalue weighted by atomic mass is 9.92. The molecule has 29 heavy (non-hydrogen) atoms. The molecular formula is C24H25Cl2NO2. The van der Waals surface area contributed by atoms with E-state index in [4.69, 9.17) is 23.2 Å². The van der Waals surface area contributed by atoms with Crippen LogP contribution in [0.5, 0.6) is 11.5 Å². The predicted molar refractivity (Wildman–Crippen MR) is 120 cm³/mol. The minimum atomic E-state index is 0.0824. The van der Waals surface area contributed by atoms with Crippen LogP contribution in [0.25, 0.3) is 10.8 Å². The minimum absolute atomic E-state index is 0.0824. The van der Waals surface area contributed by atoms with Crippen LogP contribution in [0, 0.1) is 0 Å². The summed E-state index contributed by atoms with van der Waals surface area (Å²) >= 11 is 12.4. The highest BCUT2D eigenvalue weighted by Gasteiger charge is 2.24. The highest BCUT2D eigenvalue weighted by atomic mass is 35.5. The number of halogens is 2. The third-order valence-electron chi connectivity index (χ3n) is 5.95. The van der Waals surface area contributed by atoms with Crippen molar-refractivity contribution in [3.63, 3.8) is 0 Å². The van der Waals surface area contributed by atoms with Gasteiger partial charge in [0.15, 0.2) is 0 Å². The summed E-state index contributed by atoms with van der Waals surface area (Å²) in [7, 11) is 0. The van der Waals surface area contributed by atoms with E-state index in [0.717, 1.165) is 29.2 Å². The van der Waals surface area contributed by atoms with Crippen LogP contribution in [-0.4, -0.2) is 21.2 Å². The summed E-state index contributed by atoms with van der Waals surface area (Å²) in [6.45, 7) is 1.13.